The minimum Gasteiger partial charge on any atom is -0.326 e. The number of fused-ring (bicyclic) bond motifs is 1. The summed E-state index contributed by atoms with van der Waals surface area (Å²) in [6.45, 7) is 10.8. The van der Waals surface area contributed by atoms with Crippen molar-refractivity contribution >= 4 is 27.1 Å². The molecule has 126 valence electrons. The van der Waals surface area contributed by atoms with Crippen LogP contribution in [0.15, 0.2) is 16.7 Å². The number of hydrogen-bond donors (Lipinski definition) is 1. The van der Waals surface area contributed by atoms with Crippen molar-refractivity contribution in [3.05, 3.63) is 22.6 Å². The summed E-state index contributed by atoms with van der Waals surface area (Å²) in [7, 11) is 0. The smallest absolute Gasteiger partial charge is 0.178 e. The van der Waals surface area contributed by atoms with Crippen LogP contribution in [0.3, 0.4) is 0 Å². The first-order valence-electron chi connectivity index (χ1n) is 8.63. The topological polar surface area (TPSA) is 46.0 Å². The minimum atomic E-state index is 0.373. The molecule has 0 aliphatic carbocycles. The maximum absolute atomic E-state index is 4.91. The van der Waals surface area contributed by atoms with Crippen molar-refractivity contribution in [2.45, 2.75) is 52.2 Å². The average molecular weight is 380 g/mol. The fourth-order valence-electron chi connectivity index (χ4n) is 3.58. The van der Waals surface area contributed by atoms with Gasteiger partial charge in [-0.3, -0.25) is 4.90 Å². The van der Waals surface area contributed by atoms with Crippen LogP contribution in [0.25, 0.3) is 11.2 Å². The third-order valence-corrected chi connectivity index (χ3v) is 5.05. The molecule has 0 spiro atoms. The molecule has 23 heavy (non-hydrogen) atoms. The van der Waals surface area contributed by atoms with Crippen LogP contribution < -0.4 is 5.32 Å². The van der Waals surface area contributed by atoms with Gasteiger partial charge in [0.15, 0.2) is 5.65 Å². The zero-order valence-corrected chi connectivity index (χ0v) is 15.8. The van der Waals surface area contributed by atoms with Gasteiger partial charge in [0.2, 0.25) is 0 Å². The van der Waals surface area contributed by atoms with Crippen LogP contribution in [0, 0.1) is 0 Å². The normalized spacial score (nSPS) is 21.0. The lowest BCUT2D eigenvalue weighted by Crippen LogP contribution is -2.50. The van der Waals surface area contributed by atoms with E-state index in [1.54, 1.807) is 0 Å². The van der Waals surface area contributed by atoms with Crippen LogP contribution in [0.5, 0.6) is 0 Å². The van der Waals surface area contributed by atoms with Gasteiger partial charge < -0.3 is 9.88 Å². The van der Waals surface area contributed by atoms with Gasteiger partial charge in [-0.2, -0.15) is 0 Å². The van der Waals surface area contributed by atoms with Crippen molar-refractivity contribution < 1.29 is 0 Å². The third kappa shape index (κ3) is 3.44. The molecule has 1 aliphatic heterocycles. The standard InChI is InChI=1S/C17H26BrN5/c1-4-6-14(22-8-7-19-12(3)11-22)17-21-16-15(23(17)5-2)9-13(18)10-20-16/h9-10,12,14,19H,4-8,11H2,1-3H3/t12-,14-/m0/s1. The lowest BCUT2D eigenvalue weighted by atomic mass is 10.1. The van der Waals surface area contributed by atoms with Crippen LogP contribution in [-0.2, 0) is 6.54 Å². The molecule has 1 N–H and O–H groups in total. The van der Waals surface area contributed by atoms with Gasteiger partial charge in [0.05, 0.1) is 11.6 Å². The van der Waals surface area contributed by atoms with E-state index in [0.717, 1.165) is 54.7 Å². The number of nitrogens with one attached hydrogen (secondary N) is 1. The highest BCUT2D eigenvalue weighted by molar-refractivity contribution is 9.10. The maximum atomic E-state index is 4.91. The number of aromatic nitrogens is 3. The van der Waals surface area contributed by atoms with Crippen molar-refractivity contribution in [3.8, 4) is 0 Å². The van der Waals surface area contributed by atoms with Crippen LogP contribution >= 0.6 is 15.9 Å². The highest BCUT2D eigenvalue weighted by Crippen LogP contribution is 2.29. The molecule has 0 radical (unpaired) electrons. The largest absolute Gasteiger partial charge is 0.326 e. The third-order valence-electron chi connectivity index (χ3n) is 4.62. The molecule has 3 rings (SSSR count). The van der Waals surface area contributed by atoms with Crippen molar-refractivity contribution in [2.24, 2.45) is 0 Å². The van der Waals surface area contributed by atoms with Gasteiger partial charge in [-0.05, 0) is 42.3 Å². The molecular weight excluding hydrogens is 354 g/mol. The lowest BCUT2D eigenvalue weighted by molar-refractivity contribution is 0.133. The number of halogens is 1. The molecule has 3 heterocycles. The molecule has 1 aliphatic rings. The molecule has 0 saturated carbocycles. The van der Waals surface area contributed by atoms with Gasteiger partial charge in [-0.15, -0.1) is 0 Å². The van der Waals surface area contributed by atoms with Gasteiger partial charge in [0, 0.05) is 42.9 Å². The van der Waals surface area contributed by atoms with Gasteiger partial charge in [-0.25, -0.2) is 9.97 Å². The summed E-state index contributed by atoms with van der Waals surface area (Å²) in [5, 5.41) is 3.54. The molecule has 0 aromatic carbocycles. The van der Waals surface area contributed by atoms with E-state index in [9.17, 15) is 0 Å². The zero-order valence-electron chi connectivity index (χ0n) is 14.2. The number of hydrogen-bond acceptors (Lipinski definition) is 4. The van der Waals surface area contributed by atoms with Gasteiger partial charge >= 0.3 is 0 Å². The SMILES string of the molecule is CCC[C@@H](c1nc2ncc(Br)cc2n1CC)N1CCN[C@@H](C)C1. The molecule has 1 fully saturated rings. The molecule has 0 unspecified atom stereocenters. The summed E-state index contributed by atoms with van der Waals surface area (Å²) in [5.74, 6) is 1.17. The molecule has 2 aromatic rings. The second-order valence-corrected chi connectivity index (χ2v) is 7.28. The van der Waals surface area contributed by atoms with Crippen molar-refractivity contribution in [1.29, 1.82) is 0 Å². The van der Waals surface area contributed by atoms with E-state index in [4.69, 9.17) is 4.98 Å². The lowest BCUT2D eigenvalue weighted by Gasteiger charge is -2.37. The van der Waals surface area contributed by atoms with E-state index in [1.165, 1.54) is 5.82 Å². The second-order valence-electron chi connectivity index (χ2n) is 6.37. The van der Waals surface area contributed by atoms with E-state index in [1.807, 2.05) is 6.20 Å². The summed E-state index contributed by atoms with van der Waals surface area (Å²) in [4.78, 5) is 12.0. The van der Waals surface area contributed by atoms with E-state index in [-0.39, 0.29) is 0 Å². The first-order chi connectivity index (χ1) is 11.1. The molecule has 1 saturated heterocycles. The summed E-state index contributed by atoms with van der Waals surface area (Å²) in [5.41, 5.74) is 1.98. The molecular formula is C17H26BrN5. The molecule has 2 atom stereocenters. The molecule has 0 bridgehead atoms. The molecule has 6 heteroatoms. The highest BCUT2D eigenvalue weighted by Gasteiger charge is 2.28. The van der Waals surface area contributed by atoms with E-state index >= 15 is 0 Å². The number of aryl methyl sites for hydroxylation is 1. The van der Waals surface area contributed by atoms with E-state index in [2.05, 4.69) is 62.5 Å². The first-order valence-corrected chi connectivity index (χ1v) is 9.42. The van der Waals surface area contributed by atoms with E-state index in [0.29, 0.717) is 12.1 Å². The Morgan fingerprint density at radius 1 is 1.43 bits per heavy atom. The number of nitrogens with zero attached hydrogens (tertiary/aromatic N) is 4. The summed E-state index contributed by atoms with van der Waals surface area (Å²) in [6, 6.07) is 3.04. The molecule has 2 aromatic heterocycles. The predicted molar refractivity (Wildman–Crippen MR) is 97.6 cm³/mol. The number of rotatable bonds is 5. The Morgan fingerprint density at radius 3 is 2.96 bits per heavy atom. The average Bonchev–Trinajstić information content (AvgIpc) is 2.89. The second kappa shape index (κ2) is 7.28. The fraction of sp³-hybridized carbons (Fsp3) is 0.647. The molecule has 0 amide bonds. The number of piperazine rings is 1. The van der Waals surface area contributed by atoms with Crippen molar-refractivity contribution in [1.82, 2.24) is 24.8 Å². The van der Waals surface area contributed by atoms with Crippen molar-refractivity contribution in [3.63, 3.8) is 0 Å². The Kier molecular flexibility index (Phi) is 5.34. The zero-order chi connectivity index (χ0) is 16.4. The summed E-state index contributed by atoms with van der Waals surface area (Å²) >= 11 is 3.53. The maximum Gasteiger partial charge on any atom is 0.178 e. The van der Waals surface area contributed by atoms with Crippen molar-refractivity contribution in [2.75, 3.05) is 19.6 Å². The number of imidazole rings is 1. The van der Waals surface area contributed by atoms with Crippen LogP contribution in [0.2, 0.25) is 0 Å². The Hall–Kier alpha value is -0.980. The fourth-order valence-corrected chi connectivity index (χ4v) is 3.90. The number of pyridine rings is 1. The highest BCUT2D eigenvalue weighted by atomic mass is 79.9. The Labute approximate surface area is 146 Å². The Morgan fingerprint density at radius 2 is 2.26 bits per heavy atom. The van der Waals surface area contributed by atoms with Gasteiger partial charge in [0.1, 0.15) is 5.82 Å². The Bertz CT molecular complexity index is 668. The van der Waals surface area contributed by atoms with Gasteiger partial charge in [-0.1, -0.05) is 13.3 Å². The Balaban J connectivity index is 2.03. The minimum absolute atomic E-state index is 0.373. The first kappa shape index (κ1) is 16.9. The van der Waals surface area contributed by atoms with Gasteiger partial charge in [0.25, 0.3) is 0 Å². The van der Waals surface area contributed by atoms with Crippen LogP contribution in [-0.4, -0.2) is 45.1 Å². The quantitative estimate of drug-likeness (QED) is 0.864. The summed E-state index contributed by atoms with van der Waals surface area (Å²) < 4.78 is 3.34. The van der Waals surface area contributed by atoms with Crippen LogP contribution in [0.4, 0.5) is 0 Å². The monoisotopic (exact) mass is 379 g/mol. The summed E-state index contributed by atoms with van der Waals surface area (Å²) in [6.07, 6.45) is 4.13. The predicted octanol–water partition coefficient (Wildman–Crippen LogP) is 3.35. The van der Waals surface area contributed by atoms with Crippen LogP contribution in [0.1, 0.15) is 45.5 Å². The van der Waals surface area contributed by atoms with E-state index < -0.39 is 0 Å². The molecule has 5 nitrogen and oxygen atoms in total.